The van der Waals surface area contributed by atoms with Crippen LogP contribution in [0.25, 0.3) is 0 Å². The molecule has 1 saturated carbocycles. The van der Waals surface area contributed by atoms with Crippen molar-refractivity contribution in [1.82, 2.24) is 0 Å². The van der Waals surface area contributed by atoms with Gasteiger partial charge in [0.05, 0.1) is 0 Å². The monoisotopic (exact) mass is 254 g/mol. The van der Waals surface area contributed by atoms with Gasteiger partial charge >= 0.3 is 6.47 Å². The highest BCUT2D eigenvalue weighted by molar-refractivity contribution is 5.39. The fraction of sp³-hybridized carbons (Fsp3) is 0.800. The molecule has 0 radical (unpaired) electrons. The molecule has 2 atom stereocenters. The molecule has 2 unspecified atom stereocenters. The van der Waals surface area contributed by atoms with Gasteiger partial charge < -0.3 is 9.84 Å². The number of carbonyl (C=O) groups excluding carboxylic acids is 1. The Hall–Kier alpha value is -0.990. The highest BCUT2D eigenvalue weighted by Gasteiger charge is 2.36. The molecule has 3 nitrogen and oxygen atoms in total. The fourth-order valence-corrected chi connectivity index (χ4v) is 3.34. The molecular weight excluding hydrogens is 228 g/mol. The topological polar surface area (TPSA) is 46.5 Å². The summed E-state index contributed by atoms with van der Waals surface area (Å²) in [6, 6.07) is 0. The van der Waals surface area contributed by atoms with Gasteiger partial charge in [0, 0.05) is 5.57 Å². The molecule has 1 aliphatic carbocycles. The zero-order valence-corrected chi connectivity index (χ0v) is 12.0. The molecule has 0 heterocycles. The number of ether oxygens (including phenoxy) is 1. The van der Waals surface area contributed by atoms with Crippen LogP contribution in [0.1, 0.15) is 59.8 Å². The zero-order valence-electron chi connectivity index (χ0n) is 12.0. The van der Waals surface area contributed by atoms with E-state index < -0.39 is 0 Å². The van der Waals surface area contributed by atoms with Crippen LogP contribution in [-0.2, 0) is 9.53 Å². The average molecular weight is 254 g/mol. The van der Waals surface area contributed by atoms with Gasteiger partial charge in [-0.15, -0.1) is 0 Å². The maximum absolute atomic E-state index is 10.2. The summed E-state index contributed by atoms with van der Waals surface area (Å²) < 4.78 is 4.48. The van der Waals surface area contributed by atoms with Gasteiger partial charge in [-0.1, -0.05) is 33.6 Å². The van der Waals surface area contributed by atoms with E-state index in [0.717, 1.165) is 24.3 Å². The van der Waals surface area contributed by atoms with Crippen LogP contribution < -0.4 is 0 Å². The maximum Gasteiger partial charge on any atom is 0.300 e. The molecule has 0 aromatic carbocycles. The predicted molar refractivity (Wildman–Crippen MR) is 72.0 cm³/mol. The molecule has 3 heteroatoms. The summed E-state index contributed by atoms with van der Waals surface area (Å²) in [5, 5.41) is 9.47. The van der Waals surface area contributed by atoms with Crippen LogP contribution in [-0.4, -0.2) is 11.6 Å². The molecule has 1 rings (SSSR count). The van der Waals surface area contributed by atoms with Crippen molar-refractivity contribution in [3.05, 3.63) is 11.5 Å². The Kier molecular flexibility index (Phi) is 5.24. The Labute approximate surface area is 110 Å². The minimum Gasteiger partial charge on any atom is -0.481 e. The standard InChI is InChI=1S/C15H26O3/c1-11-6-5-9-15(3,4)13(11)8-7-12(2)14(17)18-10-16/h10-11,13,17H,5-9H2,1-4H3/b14-12+. The van der Waals surface area contributed by atoms with Crippen LogP contribution in [0.3, 0.4) is 0 Å². The zero-order chi connectivity index (χ0) is 13.8. The van der Waals surface area contributed by atoms with Gasteiger partial charge in [0.25, 0.3) is 5.95 Å². The van der Waals surface area contributed by atoms with Crippen LogP contribution in [0.2, 0.25) is 0 Å². The van der Waals surface area contributed by atoms with Crippen LogP contribution in [0.4, 0.5) is 0 Å². The van der Waals surface area contributed by atoms with Crippen LogP contribution in [0.15, 0.2) is 11.5 Å². The van der Waals surface area contributed by atoms with Gasteiger partial charge in [-0.3, -0.25) is 4.79 Å². The summed E-state index contributed by atoms with van der Waals surface area (Å²) >= 11 is 0. The van der Waals surface area contributed by atoms with E-state index in [2.05, 4.69) is 25.5 Å². The van der Waals surface area contributed by atoms with Gasteiger partial charge in [0.15, 0.2) is 0 Å². The minimum atomic E-state index is -0.230. The Balaban J connectivity index is 2.60. The highest BCUT2D eigenvalue weighted by Crippen LogP contribution is 2.46. The van der Waals surface area contributed by atoms with E-state index in [-0.39, 0.29) is 12.4 Å². The van der Waals surface area contributed by atoms with E-state index in [9.17, 15) is 9.90 Å². The Morgan fingerprint density at radius 3 is 2.72 bits per heavy atom. The lowest BCUT2D eigenvalue weighted by Crippen LogP contribution is -2.33. The van der Waals surface area contributed by atoms with Crippen molar-refractivity contribution in [2.75, 3.05) is 0 Å². The number of hydrogen-bond donors (Lipinski definition) is 1. The second-order valence-corrected chi connectivity index (χ2v) is 6.30. The van der Waals surface area contributed by atoms with Crippen molar-refractivity contribution >= 4 is 6.47 Å². The van der Waals surface area contributed by atoms with E-state index in [1.807, 2.05) is 6.92 Å². The normalized spacial score (nSPS) is 28.4. The third-order valence-electron chi connectivity index (χ3n) is 4.53. The number of rotatable bonds is 5. The van der Waals surface area contributed by atoms with E-state index >= 15 is 0 Å². The summed E-state index contributed by atoms with van der Waals surface area (Å²) in [5.74, 6) is 1.17. The maximum atomic E-state index is 10.2. The first-order chi connectivity index (χ1) is 8.38. The first kappa shape index (κ1) is 15.1. The molecule has 0 saturated heterocycles. The quantitative estimate of drug-likeness (QED) is 0.591. The number of carbonyl (C=O) groups is 1. The lowest BCUT2D eigenvalue weighted by Gasteiger charge is -2.43. The number of hydrogen-bond acceptors (Lipinski definition) is 3. The number of aliphatic hydroxyl groups excluding tert-OH is 1. The van der Waals surface area contributed by atoms with Gasteiger partial charge in [0.1, 0.15) is 0 Å². The molecule has 0 aromatic rings. The van der Waals surface area contributed by atoms with Gasteiger partial charge in [-0.05, 0) is 43.4 Å². The Bertz CT molecular complexity index is 318. The molecule has 0 aliphatic heterocycles. The summed E-state index contributed by atoms with van der Waals surface area (Å²) in [6.07, 6.45) is 5.73. The molecule has 1 aliphatic rings. The van der Waals surface area contributed by atoms with Crippen molar-refractivity contribution < 1.29 is 14.6 Å². The summed E-state index contributed by atoms with van der Waals surface area (Å²) in [5.41, 5.74) is 1.13. The highest BCUT2D eigenvalue weighted by atomic mass is 16.6. The van der Waals surface area contributed by atoms with Gasteiger partial charge in [-0.25, -0.2) is 0 Å². The molecule has 0 aromatic heterocycles. The van der Waals surface area contributed by atoms with Gasteiger partial charge in [0.2, 0.25) is 0 Å². The van der Waals surface area contributed by atoms with Crippen molar-refractivity contribution in [3.8, 4) is 0 Å². The van der Waals surface area contributed by atoms with Gasteiger partial charge in [-0.2, -0.15) is 0 Å². The summed E-state index contributed by atoms with van der Waals surface area (Å²) in [4.78, 5) is 10.2. The van der Waals surface area contributed by atoms with E-state index in [1.165, 1.54) is 19.3 Å². The lowest BCUT2D eigenvalue weighted by atomic mass is 9.62. The van der Waals surface area contributed by atoms with Crippen LogP contribution in [0, 0.1) is 17.3 Å². The Morgan fingerprint density at radius 1 is 1.50 bits per heavy atom. The van der Waals surface area contributed by atoms with E-state index in [1.54, 1.807) is 0 Å². The predicted octanol–water partition coefficient (Wildman–Crippen LogP) is 4.19. The molecule has 0 amide bonds. The second kappa shape index (κ2) is 6.26. The molecular formula is C15H26O3. The van der Waals surface area contributed by atoms with Crippen molar-refractivity contribution in [1.29, 1.82) is 0 Å². The molecule has 18 heavy (non-hydrogen) atoms. The third-order valence-corrected chi connectivity index (χ3v) is 4.53. The lowest BCUT2D eigenvalue weighted by molar-refractivity contribution is -0.128. The smallest absolute Gasteiger partial charge is 0.300 e. The molecule has 104 valence electrons. The molecule has 0 spiro atoms. The van der Waals surface area contributed by atoms with E-state index in [0.29, 0.717) is 11.3 Å². The molecule has 1 fully saturated rings. The average Bonchev–Trinajstić information content (AvgIpc) is 2.27. The molecule has 0 bridgehead atoms. The summed E-state index contributed by atoms with van der Waals surface area (Å²) in [6.45, 7) is 9.10. The van der Waals surface area contributed by atoms with Crippen LogP contribution >= 0.6 is 0 Å². The largest absolute Gasteiger partial charge is 0.481 e. The van der Waals surface area contributed by atoms with E-state index in [4.69, 9.17) is 0 Å². The number of allylic oxidation sites excluding steroid dienone is 1. The number of aliphatic hydroxyl groups is 1. The minimum absolute atomic E-state index is 0.230. The SMILES string of the molecule is C/C(CCC1C(C)CCCC1(C)C)=C(/O)OC=O. The Morgan fingerprint density at radius 2 is 2.17 bits per heavy atom. The molecule has 1 N–H and O–H groups in total. The third kappa shape index (κ3) is 3.76. The van der Waals surface area contributed by atoms with Crippen molar-refractivity contribution in [3.63, 3.8) is 0 Å². The first-order valence-electron chi connectivity index (χ1n) is 6.87. The summed E-state index contributed by atoms with van der Waals surface area (Å²) in [7, 11) is 0. The van der Waals surface area contributed by atoms with Crippen molar-refractivity contribution in [2.45, 2.75) is 59.8 Å². The first-order valence-corrected chi connectivity index (χ1v) is 6.87. The second-order valence-electron chi connectivity index (χ2n) is 6.30. The van der Waals surface area contributed by atoms with Crippen LogP contribution in [0.5, 0.6) is 0 Å². The fourth-order valence-electron chi connectivity index (χ4n) is 3.34. The van der Waals surface area contributed by atoms with Crippen molar-refractivity contribution in [2.24, 2.45) is 17.3 Å².